The zero-order chi connectivity index (χ0) is 15.4. The van der Waals surface area contributed by atoms with E-state index < -0.39 is 0 Å². The third-order valence-corrected chi connectivity index (χ3v) is 5.68. The summed E-state index contributed by atoms with van der Waals surface area (Å²) < 4.78 is 5.57. The first kappa shape index (κ1) is 15.7. The molecule has 0 aliphatic carbocycles. The quantitative estimate of drug-likeness (QED) is 0.759. The van der Waals surface area contributed by atoms with Crippen LogP contribution in [0.5, 0.6) is 0 Å². The van der Waals surface area contributed by atoms with Gasteiger partial charge in [-0.2, -0.15) is 0 Å². The molecule has 0 saturated carbocycles. The molecule has 1 saturated heterocycles. The summed E-state index contributed by atoms with van der Waals surface area (Å²) >= 11 is 3.16. The molecule has 5 nitrogen and oxygen atoms in total. The molecule has 1 aliphatic rings. The molecule has 1 fully saturated rings. The molecule has 1 aliphatic heterocycles. The minimum absolute atomic E-state index is 0.123. The Morgan fingerprint density at radius 1 is 1.45 bits per heavy atom. The number of thiophene rings is 1. The van der Waals surface area contributed by atoms with Crippen LogP contribution in [0.3, 0.4) is 0 Å². The number of morpholine rings is 1. The Hall–Kier alpha value is -1.15. The van der Waals surface area contributed by atoms with E-state index in [-0.39, 0.29) is 11.8 Å². The van der Waals surface area contributed by atoms with Gasteiger partial charge in [-0.15, -0.1) is 32.9 Å². The summed E-state index contributed by atoms with van der Waals surface area (Å²) in [6, 6.07) is 3.93. The number of carbonyl (C=O) groups is 1. The minimum atomic E-state index is 0.123. The van der Waals surface area contributed by atoms with Gasteiger partial charge in [-0.3, -0.25) is 9.69 Å². The lowest BCUT2D eigenvalue weighted by molar-refractivity contribution is -0.0126. The van der Waals surface area contributed by atoms with Crippen LogP contribution in [0.2, 0.25) is 0 Å². The van der Waals surface area contributed by atoms with Crippen LogP contribution in [-0.2, 0) is 17.7 Å². The molecule has 0 spiro atoms. The fourth-order valence-electron chi connectivity index (χ4n) is 2.51. The highest BCUT2D eigenvalue weighted by atomic mass is 32.1. The van der Waals surface area contributed by atoms with Crippen LogP contribution < -0.4 is 0 Å². The number of hydrogen-bond acceptors (Lipinski definition) is 7. The molecule has 0 aromatic carbocycles. The van der Waals surface area contributed by atoms with E-state index >= 15 is 0 Å². The maximum Gasteiger partial charge on any atom is 0.174 e. The molecule has 2 aromatic heterocycles. The number of rotatable bonds is 6. The molecule has 1 unspecified atom stereocenters. The molecular formula is C15H19N3O2S2. The number of hydrogen-bond donors (Lipinski definition) is 0. The molecule has 0 N–H and O–H groups in total. The number of nitrogens with zero attached hydrogens (tertiary/aromatic N) is 3. The van der Waals surface area contributed by atoms with Gasteiger partial charge in [-0.05, 0) is 17.9 Å². The summed E-state index contributed by atoms with van der Waals surface area (Å²) in [4.78, 5) is 15.5. The Labute approximate surface area is 137 Å². The van der Waals surface area contributed by atoms with Crippen LogP contribution in [0.15, 0.2) is 17.5 Å². The van der Waals surface area contributed by atoms with Crippen molar-refractivity contribution < 1.29 is 9.53 Å². The van der Waals surface area contributed by atoms with E-state index in [9.17, 15) is 4.79 Å². The lowest BCUT2D eigenvalue weighted by Crippen LogP contribution is -2.45. The summed E-state index contributed by atoms with van der Waals surface area (Å²) in [5.41, 5.74) is 0. The summed E-state index contributed by atoms with van der Waals surface area (Å²) in [6.07, 6.45) is 1.42. The zero-order valence-corrected chi connectivity index (χ0v) is 14.2. The molecule has 118 valence electrons. The lowest BCUT2D eigenvalue weighted by Gasteiger charge is -2.34. The largest absolute Gasteiger partial charge is 0.378 e. The average molecular weight is 337 g/mol. The number of aryl methyl sites for hydroxylation is 1. The van der Waals surface area contributed by atoms with Crippen molar-refractivity contribution >= 4 is 28.5 Å². The smallest absolute Gasteiger partial charge is 0.174 e. The van der Waals surface area contributed by atoms with Gasteiger partial charge in [0, 0.05) is 19.0 Å². The number of carbonyl (C=O) groups excluding carboxylic acids is 1. The highest BCUT2D eigenvalue weighted by Gasteiger charge is 2.27. The van der Waals surface area contributed by atoms with Gasteiger partial charge in [0.15, 0.2) is 5.78 Å². The van der Waals surface area contributed by atoms with Gasteiger partial charge in [0.1, 0.15) is 10.0 Å². The standard InChI is InChI=1S/C15H19N3O2S2/c1-2-14-16-17-15(22-14)9-18-5-6-20-10-11(18)8-12(19)13-4-3-7-21-13/h3-4,7,11H,2,5-6,8-10H2,1H3. The maximum atomic E-state index is 12.3. The second-order valence-corrected chi connectivity index (χ2v) is 7.34. The predicted molar refractivity (Wildman–Crippen MR) is 87.6 cm³/mol. The van der Waals surface area contributed by atoms with E-state index in [0.29, 0.717) is 19.6 Å². The summed E-state index contributed by atoms with van der Waals surface area (Å²) in [5, 5.41) is 12.4. The van der Waals surface area contributed by atoms with Crippen LogP contribution in [-0.4, -0.2) is 46.7 Å². The Morgan fingerprint density at radius 3 is 3.05 bits per heavy atom. The third kappa shape index (κ3) is 3.78. The lowest BCUT2D eigenvalue weighted by atomic mass is 10.1. The average Bonchev–Trinajstić information content (AvgIpc) is 3.20. The Balaban J connectivity index is 1.64. The summed E-state index contributed by atoms with van der Waals surface area (Å²) in [6.45, 7) is 4.99. The predicted octanol–water partition coefficient (Wildman–Crippen LogP) is 2.64. The first-order valence-electron chi connectivity index (χ1n) is 7.46. The van der Waals surface area contributed by atoms with Gasteiger partial charge < -0.3 is 4.74 Å². The first-order chi connectivity index (χ1) is 10.8. The molecule has 3 rings (SSSR count). The maximum absolute atomic E-state index is 12.3. The van der Waals surface area contributed by atoms with Gasteiger partial charge in [0.2, 0.25) is 0 Å². The van der Waals surface area contributed by atoms with E-state index in [1.54, 1.807) is 11.3 Å². The molecular weight excluding hydrogens is 318 g/mol. The molecule has 1 atom stereocenters. The molecule has 22 heavy (non-hydrogen) atoms. The van der Waals surface area contributed by atoms with Gasteiger partial charge in [-0.1, -0.05) is 13.0 Å². The van der Waals surface area contributed by atoms with Crippen molar-refractivity contribution in [1.29, 1.82) is 0 Å². The minimum Gasteiger partial charge on any atom is -0.378 e. The van der Waals surface area contributed by atoms with Gasteiger partial charge >= 0.3 is 0 Å². The SMILES string of the molecule is CCc1nnc(CN2CCOCC2CC(=O)c2cccs2)s1. The van der Waals surface area contributed by atoms with Crippen molar-refractivity contribution in [3.8, 4) is 0 Å². The summed E-state index contributed by atoms with van der Waals surface area (Å²) in [7, 11) is 0. The van der Waals surface area contributed by atoms with Crippen LogP contribution in [0, 0.1) is 0 Å². The van der Waals surface area contributed by atoms with E-state index in [1.165, 1.54) is 11.3 Å². The van der Waals surface area contributed by atoms with Crippen LogP contribution in [0.4, 0.5) is 0 Å². The van der Waals surface area contributed by atoms with Crippen molar-refractivity contribution in [1.82, 2.24) is 15.1 Å². The fraction of sp³-hybridized carbons (Fsp3) is 0.533. The van der Waals surface area contributed by atoms with Crippen molar-refractivity contribution in [3.63, 3.8) is 0 Å². The van der Waals surface area contributed by atoms with Gasteiger partial charge in [-0.25, -0.2) is 0 Å². The van der Waals surface area contributed by atoms with Crippen LogP contribution in [0.1, 0.15) is 33.0 Å². The Morgan fingerprint density at radius 2 is 2.32 bits per heavy atom. The topological polar surface area (TPSA) is 55.3 Å². The number of aromatic nitrogens is 2. The highest BCUT2D eigenvalue weighted by molar-refractivity contribution is 7.12. The van der Waals surface area contributed by atoms with E-state index in [1.807, 2.05) is 17.5 Å². The normalized spacial score (nSPS) is 19.4. The fourth-order valence-corrected chi connectivity index (χ4v) is 3.99. The third-order valence-electron chi connectivity index (χ3n) is 3.72. The molecule has 0 bridgehead atoms. The first-order valence-corrected chi connectivity index (χ1v) is 9.15. The summed E-state index contributed by atoms with van der Waals surface area (Å²) in [5.74, 6) is 0.196. The number of ketones is 1. The van der Waals surface area contributed by atoms with Crippen LogP contribution in [0.25, 0.3) is 0 Å². The van der Waals surface area contributed by atoms with Gasteiger partial charge in [0.05, 0.1) is 24.6 Å². The zero-order valence-electron chi connectivity index (χ0n) is 12.5. The monoisotopic (exact) mass is 337 g/mol. The van der Waals surface area contributed by atoms with E-state index in [2.05, 4.69) is 22.0 Å². The number of ether oxygens (including phenoxy) is 1. The van der Waals surface area contributed by atoms with Crippen LogP contribution >= 0.6 is 22.7 Å². The van der Waals surface area contributed by atoms with Crippen molar-refractivity contribution in [2.45, 2.75) is 32.4 Å². The second-order valence-electron chi connectivity index (χ2n) is 5.25. The number of Topliss-reactive ketones (excluding diaryl/α,β-unsaturated/α-hetero) is 1. The van der Waals surface area contributed by atoms with E-state index in [0.717, 1.165) is 34.4 Å². The highest BCUT2D eigenvalue weighted by Crippen LogP contribution is 2.20. The second kappa shape index (κ2) is 7.41. The Bertz CT molecular complexity index is 612. The molecule has 2 aromatic rings. The van der Waals surface area contributed by atoms with E-state index in [4.69, 9.17) is 4.74 Å². The molecule has 0 radical (unpaired) electrons. The molecule has 3 heterocycles. The molecule has 0 amide bonds. The van der Waals surface area contributed by atoms with Crippen molar-refractivity contribution in [2.75, 3.05) is 19.8 Å². The van der Waals surface area contributed by atoms with Gasteiger partial charge in [0.25, 0.3) is 0 Å². The Kier molecular flexibility index (Phi) is 5.30. The molecule has 7 heteroatoms. The van der Waals surface area contributed by atoms with Crippen molar-refractivity contribution in [3.05, 3.63) is 32.4 Å². The van der Waals surface area contributed by atoms with Crippen molar-refractivity contribution in [2.24, 2.45) is 0 Å².